The van der Waals surface area contributed by atoms with E-state index >= 15 is 0 Å². The van der Waals surface area contributed by atoms with Crippen molar-refractivity contribution < 1.29 is 9.47 Å². The van der Waals surface area contributed by atoms with E-state index in [1.807, 2.05) is 6.07 Å². The lowest BCUT2D eigenvalue weighted by molar-refractivity contribution is 0.0676. The molecule has 0 bridgehead atoms. The fourth-order valence-corrected chi connectivity index (χ4v) is 0.842. The first-order valence-corrected chi connectivity index (χ1v) is 4.39. The van der Waals surface area contributed by atoms with Gasteiger partial charge in [0.25, 0.3) is 0 Å². The van der Waals surface area contributed by atoms with Gasteiger partial charge in [-0.3, -0.25) is 0 Å². The number of hydrogen-bond donors (Lipinski definition) is 1. The molecule has 0 aliphatic heterocycles. The fraction of sp³-hybridized carbons (Fsp3) is 0.889. The lowest BCUT2D eigenvalue weighted by Crippen LogP contribution is -2.34. The first-order chi connectivity index (χ1) is 6.12. The lowest BCUT2D eigenvalue weighted by Gasteiger charge is -2.14. The average Bonchev–Trinajstić information content (AvgIpc) is 2.11. The summed E-state index contributed by atoms with van der Waals surface area (Å²) in [6.45, 7) is 3.57. The van der Waals surface area contributed by atoms with Gasteiger partial charge in [0.2, 0.25) is 0 Å². The standard InChI is InChI=1S/C9H18N2O2/c1-9(11,8-10)4-3-5-13-7-6-12-2/h3-7,11H2,1-2H3. The zero-order chi connectivity index (χ0) is 10.2. The maximum absolute atomic E-state index is 8.60. The largest absolute Gasteiger partial charge is 0.382 e. The maximum Gasteiger partial charge on any atom is 0.101 e. The third kappa shape index (κ3) is 7.72. The highest BCUT2D eigenvalue weighted by Crippen LogP contribution is 2.06. The Kier molecular flexibility index (Phi) is 6.51. The molecule has 0 fully saturated rings. The number of nitriles is 1. The minimum atomic E-state index is -0.718. The highest BCUT2D eigenvalue weighted by molar-refractivity contribution is 5.00. The molecule has 0 rings (SSSR count). The van der Waals surface area contributed by atoms with Gasteiger partial charge in [0.05, 0.1) is 19.3 Å². The predicted molar refractivity (Wildman–Crippen MR) is 50.1 cm³/mol. The second-order valence-electron chi connectivity index (χ2n) is 3.24. The van der Waals surface area contributed by atoms with E-state index in [1.165, 1.54) is 0 Å². The summed E-state index contributed by atoms with van der Waals surface area (Å²) < 4.78 is 10.0. The molecule has 0 aromatic carbocycles. The molecule has 0 aromatic rings. The highest BCUT2D eigenvalue weighted by Gasteiger charge is 2.15. The van der Waals surface area contributed by atoms with E-state index in [4.69, 9.17) is 20.5 Å². The van der Waals surface area contributed by atoms with E-state index in [0.29, 0.717) is 26.2 Å². The second kappa shape index (κ2) is 6.84. The molecule has 0 aromatic heterocycles. The molecule has 1 unspecified atom stereocenters. The Morgan fingerprint density at radius 3 is 2.62 bits per heavy atom. The van der Waals surface area contributed by atoms with Gasteiger partial charge in [-0.2, -0.15) is 5.26 Å². The van der Waals surface area contributed by atoms with Crippen LogP contribution in [-0.4, -0.2) is 32.5 Å². The Labute approximate surface area is 79.6 Å². The molecule has 76 valence electrons. The summed E-state index contributed by atoms with van der Waals surface area (Å²) in [4.78, 5) is 0. The average molecular weight is 186 g/mol. The molecule has 13 heavy (non-hydrogen) atoms. The smallest absolute Gasteiger partial charge is 0.101 e. The van der Waals surface area contributed by atoms with Crippen LogP contribution in [0.1, 0.15) is 19.8 Å². The van der Waals surface area contributed by atoms with Crippen molar-refractivity contribution in [1.29, 1.82) is 5.26 Å². The molecule has 4 heteroatoms. The molecule has 2 N–H and O–H groups in total. The van der Waals surface area contributed by atoms with Gasteiger partial charge in [0.15, 0.2) is 0 Å². The predicted octanol–water partition coefficient (Wildman–Crippen LogP) is 0.671. The molecule has 0 aliphatic rings. The normalized spacial score (nSPS) is 14.9. The monoisotopic (exact) mass is 186 g/mol. The van der Waals surface area contributed by atoms with Gasteiger partial charge in [-0.05, 0) is 19.8 Å². The van der Waals surface area contributed by atoms with Gasteiger partial charge in [-0.1, -0.05) is 0 Å². The number of hydrogen-bond acceptors (Lipinski definition) is 4. The maximum atomic E-state index is 8.60. The molecule has 0 amide bonds. The number of methoxy groups -OCH3 is 1. The van der Waals surface area contributed by atoms with E-state index in [-0.39, 0.29) is 0 Å². The van der Waals surface area contributed by atoms with Crippen molar-refractivity contribution in [3.63, 3.8) is 0 Å². The molecule has 4 nitrogen and oxygen atoms in total. The zero-order valence-electron chi connectivity index (χ0n) is 8.38. The Morgan fingerprint density at radius 1 is 1.38 bits per heavy atom. The molecule has 0 aliphatic carbocycles. The van der Waals surface area contributed by atoms with E-state index < -0.39 is 5.54 Å². The van der Waals surface area contributed by atoms with Crippen LogP contribution in [0, 0.1) is 11.3 Å². The molecule has 0 saturated heterocycles. The van der Waals surface area contributed by atoms with E-state index in [2.05, 4.69) is 0 Å². The molecule has 1 atom stereocenters. The van der Waals surface area contributed by atoms with Crippen LogP contribution < -0.4 is 5.73 Å². The Balaban J connectivity index is 3.22. The lowest BCUT2D eigenvalue weighted by atomic mass is 10.00. The molecule has 0 heterocycles. The topological polar surface area (TPSA) is 68.3 Å². The summed E-state index contributed by atoms with van der Waals surface area (Å²) in [5.74, 6) is 0. The Bertz CT molecular complexity index is 163. The quantitative estimate of drug-likeness (QED) is 0.593. The molecule has 0 saturated carbocycles. The molecular formula is C9H18N2O2. The van der Waals surface area contributed by atoms with Crippen molar-refractivity contribution in [1.82, 2.24) is 0 Å². The van der Waals surface area contributed by atoms with E-state index in [0.717, 1.165) is 6.42 Å². The van der Waals surface area contributed by atoms with Crippen LogP contribution in [0.2, 0.25) is 0 Å². The summed E-state index contributed by atoms with van der Waals surface area (Å²) in [7, 11) is 1.63. The van der Waals surface area contributed by atoms with Gasteiger partial charge in [-0.25, -0.2) is 0 Å². The van der Waals surface area contributed by atoms with Crippen LogP contribution in [0.25, 0.3) is 0 Å². The van der Waals surface area contributed by atoms with Gasteiger partial charge in [-0.15, -0.1) is 0 Å². The summed E-state index contributed by atoms with van der Waals surface area (Å²) in [6.07, 6.45) is 1.47. The first kappa shape index (κ1) is 12.4. The van der Waals surface area contributed by atoms with Crippen LogP contribution in [0.3, 0.4) is 0 Å². The van der Waals surface area contributed by atoms with Crippen molar-refractivity contribution in [2.75, 3.05) is 26.9 Å². The summed E-state index contributed by atoms with van der Waals surface area (Å²) >= 11 is 0. The van der Waals surface area contributed by atoms with Gasteiger partial charge in [0, 0.05) is 13.7 Å². The minimum Gasteiger partial charge on any atom is -0.382 e. The summed E-state index contributed by atoms with van der Waals surface area (Å²) in [5, 5.41) is 8.60. The number of rotatable bonds is 7. The van der Waals surface area contributed by atoms with Crippen molar-refractivity contribution in [3.8, 4) is 6.07 Å². The van der Waals surface area contributed by atoms with Crippen molar-refractivity contribution in [3.05, 3.63) is 0 Å². The van der Waals surface area contributed by atoms with E-state index in [9.17, 15) is 0 Å². The van der Waals surface area contributed by atoms with Crippen LogP contribution in [0.4, 0.5) is 0 Å². The number of nitrogens with zero attached hydrogens (tertiary/aromatic N) is 1. The van der Waals surface area contributed by atoms with E-state index in [1.54, 1.807) is 14.0 Å². The first-order valence-electron chi connectivity index (χ1n) is 4.39. The van der Waals surface area contributed by atoms with Crippen LogP contribution in [0.15, 0.2) is 0 Å². The van der Waals surface area contributed by atoms with Crippen LogP contribution in [0.5, 0.6) is 0 Å². The molecule has 0 spiro atoms. The zero-order valence-corrected chi connectivity index (χ0v) is 8.38. The second-order valence-corrected chi connectivity index (χ2v) is 3.24. The van der Waals surface area contributed by atoms with Crippen molar-refractivity contribution in [2.24, 2.45) is 5.73 Å². The highest BCUT2D eigenvalue weighted by atomic mass is 16.5. The fourth-order valence-electron chi connectivity index (χ4n) is 0.842. The van der Waals surface area contributed by atoms with Gasteiger partial charge in [0.1, 0.15) is 5.54 Å². The third-order valence-corrected chi connectivity index (χ3v) is 1.67. The molecule has 0 radical (unpaired) electrons. The van der Waals surface area contributed by atoms with Crippen LogP contribution in [-0.2, 0) is 9.47 Å². The van der Waals surface area contributed by atoms with Crippen molar-refractivity contribution >= 4 is 0 Å². The Hall–Kier alpha value is -0.630. The number of ether oxygens (including phenoxy) is 2. The Morgan fingerprint density at radius 2 is 2.08 bits per heavy atom. The van der Waals surface area contributed by atoms with Gasteiger partial charge < -0.3 is 15.2 Å². The summed E-state index contributed by atoms with van der Waals surface area (Å²) in [6, 6.07) is 2.04. The van der Waals surface area contributed by atoms with Gasteiger partial charge >= 0.3 is 0 Å². The van der Waals surface area contributed by atoms with Crippen LogP contribution >= 0.6 is 0 Å². The third-order valence-electron chi connectivity index (χ3n) is 1.67. The molecular weight excluding hydrogens is 168 g/mol. The minimum absolute atomic E-state index is 0.602. The summed E-state index contributed by atoms with van der Waals surface area (Å²) in [5.41, 5.74) is 4.90. The SMILES string of the molecule is COCCOCCCC(C)(N)C#N. The van der Waals surface area contributed by atoms with Crippen molar-refractivity contribution in [2.45, 2.75) is 25.3 Å². The number of nitrogens with two attached hydrogens (primary N) is 1.